The van der Waals surface area contributed by atoms with Crippen molar-refractivity contribution in [3.63, 3.8) is 0 Å². The van der Waals surface area contributed by atoms with E-state index in [1.165, 1.54) is 0 Å². The molecule has 0 aliphatic heterocycles. The summed E-state index contributed by atoms with van der Waals surface area (Å²) >= 11 is 0. The molecule has 0 aliphatic carbocycles. The fourth-order valence-corrected chi connectivity index (χ4v) is 0. The molecular weight excluding hydrogens is 178 g/mol. The zero-order chi connectivity index (χ0) is 2.00. The van der Waals surface area contributed by atoms with Gasteiger partial charge in [-0.2, -0.15) is 6.92 Å². The Balaban J connectivity index is -0.000000000833. The maximum atomic E-state index is 3.25. The third kappa shape index (κ3) is 46.8. The molecule has 0 N–H and O–H groups in total. The standard InChI is InChI=1S/C2H5.3ClH.Ti/c1-2;;;;/h1H2,2H3;3*1H;/q-1;;;;. The molecule has 0 aromatic rings. The second kappa shape index (κ2) is 81.8. The Morgan fingerprint density at radius 2 is 0.833 bits per heavy atom. The van der Waals surface area contributed by atoms with Crippen molar-refractivity contribution in [2.45, 2.75) is 6.92 Å². The van der Waals surface area contributed by atoms with E-state index in [0.29, 0.717) is 0 Å². The Bertz CT molecular complexity index is 8.75. The van der Waals surface area contributed by atoms with Crippen LogP contribution in [0.3, 0.4) is 0 Å². The average Bonchev–Trinajstić information content (AvgIpc) is 1.00. The summed E-state index contributed by atoms with van der Waals surface area (Å²) in [5.74, 6) is 0. The van der Waals surface area contributed by atoms with E-state index in [9.17, 15) is 0 Å². The predicted octanol–water partition coefficient (Wildman–Crippen LogP) is 2.10. The van der Waals surface area contributed by atoms with Gasteiger partial charge in [0.05, 0.1) is 0 Å². The van der Waals surface area contributed by atoms with Crippen LogP contribution < -0.4 is 0 Å². The predicted molar refractivity (Wildman–Crippen MR) is 32.8 cm³/mol. The maximum Gasteiger partial charge on any atom is 0 e. The van der Waals surface area contributed by atoms with Gasteiger partial charge >= 0.3 is 0 Å². The van der Waals surface area contributed by atoms with Crippen LogP contribution in [0.1, 0.15) is 6.92 Å². The van der Waals surface area contributed by atoms with Crippen molar-refractivity contribution >= 4 is 37.2 Å². The monoisotopic (exact) mass is 185 g/mol. The molecule has 0 aromatic heterocycles. The molecule has 0 saturated carbocycles. The summed E-state index contributed by atoms with van der Waals surface area (Å²) in [5.41, 5.74) is 0. The van der Waals surface area contributed by atoms with E-state index in [2.05, 4.69) is 6.92 Å². The van der Waals surface area contributed by atoms with Crippen molar-refractivity contribution in [1.82, 2.24) is 0 Å². The van der Waals surface area contributed by atoms with Crippen molar-refractivity contribution in [2.24, 2.45) is 0 Å². The van der Waals surface area contributed by atoms with E-state index >= 15 is 0 Å². The fourth-order valence-electron chi connectivity index (χ4n) is 0. The second-order valence-corrected chi connectivity index (χ2v) is 0. The Hall–Kier alpha value is 1.58. The molecule has 0 unspecified atom stereocenters. The average molecular weight is 186 g/mol. The smallest absolute Gasteiger partial charge is 0 e. The minimum Gasteiger partial charge on any atom is -0.346 e. The van der Waals surface area contributed by atoms with Gasteiger partial charge in [0, 0.05) is 21.7 Å². The second-order valence-electron chi connectivity index (χ2n) is 0. The van der Waals surface area contributed by atoms with Crippen LogP contribution in [0.2, 0.25) is 0 Å². The third-order valence-corrected chi connectivity index (χ3v) is 0. The van der Waals surface area contributed by atoms with Gasteiger partial charge < -0.3 is 6.92 Å². The molecule has 0 radical (unpaired) electrons. The molecule has 0 aliphatic rings. The first kappa shape index (κ1) is 49.2. The van der Waals surface area contributed by atoms with Gasteiger partial charge in [-0.25, -0.2) is 0 Å². The fraction of sp³-hybridized carbons (Fsp3) is 0.500. The summed E-state index contributed by atoms with van der Waals surface area (Å²) in [7, 11) is 0. The molecule has 0 atom stereocenters. The van der Waals surface area contributed by atoms with Gasteiger partial charge in [-0.1, -0.05) is 0 Å². The van der Waals surface area contributed by atoms with Crippen LogP contribution in [0.4, 0.5) is 0 Å². The van der Waals surface area contributed by atoms with E-state index in [0.717, 1.165) is 0 Å². The van der Waals surface area contributed by atoms with Gasteiger partial charge in [-0.15, -0.1) is 37.2 Å². The summed E-state index contributed by atoms with van der Waals surface area (Å²) in [5, 5.41) is 0. The molecule has 0 spiro atoms. The largest absolute Gasteiger partial charge is 0.346 e. The van der Waals surface area contributed by atoms with Gasteiger partial charge in [0.25, 0.3) is 0 Å². The molecular formula is C2H8Cl3Ti-. The van der Waals surface area contributed by atoms with Crippen LogP contribution >= 0.6 is 37.2 Å². The van der Waals surface area contributed by atoms with Crippen LogP contribution in [-0.2, 0) is 21.7 Å². The molecule has 42 valence electrons. The zero-order valence-electron chi connectivity index (χ0n) is 3.43. The summed E-state index contributed by atoms with van der Waals surface area (Å²) in [6.45, 7) is 5.00. The molecule has 0 fully saturated rings. The first-order valence-corrected chi connectivity index (χ1v) is 0.707. The van der Waals surface area contributed by atoms with E-state index in [1.807, 2.05) is 0 Å². The van der Waals surface area contributed by atoms with Gasteiger partial charge in [-0.3, -0.25) is 0 Å². The maximum absolute atomic E-state index is 3.25. The minimum absolute atomic E-state index is 0. The molecule has 0 rings (SSSR count). The first-order valence-electron chi connectivity index (χ1n) is 0.707. The zero-order valence-corrected chi connectivity index (χ0v) is 7.44. The molecule has 0 bridgehead atoms. The number of hydrogen-bond acceptors (Lipinski definition) is 0. The summed E-state index contributed by atoms with van der Waals surface area (Å²) < 4.78 is 0. The summed E-state index contributed by atoms with van der Waals surface area (Å²) in [6.07, 6.45) is 0. The summed E-state index contributed by atoms with van der Waals surface area (Å²) in [6, 6.07) is 0. The van der Waals surface area contributed by atoms with E-state index in [-0.39, 0.29) is 58.9 Å². The molecule has 4 heteroatoms. The number of rotatable bonds is 0. The van der Waals surface area contributed by atoms with Crippen molar-refractivity contribution in [2.75, 3.05) is 0 Å². The van der Waals surface area contributed by atoms with Crippen molar-refractivity contribution in [3.05, 3.63) is 6.92 Å². The molecule has 0 nitrogen and oxygen atoms in total. The quantitative estimate of drug-likeness (QED) is 0.401. The van der Waals surface area contributed by atoms with Gasteiger partial charge in [0.15, 0.2) is 0 Å². The van der Waals surface area contributed by atoms with Crippen LogP contribution in [-0.4, -0.2) is 0 Å². The number of hydrogen-bond donors (Lipinski definition) is 0. The van der Waals surface area contributed by atoms with Crippen molar-refractivity contribution in [1.29, 1.82) is 0 Å². The third-order valence-electron chi connectivity index (χ3n) is 0. The van der Waals surface area contributed by atoms with Crippen LogP contribution in [0.25, 0.3) is 0 Å². The SMILES string of the molecule is Cl.Cl.Cl.[CH2-]C.[Ti]. The Kier molecular flexibility index (Phi) is 671. The van der Waals surface area contributed by atoms with Gasteiger partial charge in [0.2, 0.25) is 0 Å². The van der Waals surface area contributed by atoms with E-state index < -0.39 is 0 Å². The topological polar surface area (TPSA) is 0 Å². The Morgan fingerprint density at radius 3 is 0.833 bits per heavy atom. The normalized spacial score (nSPS) is 1.00. The molecule has 0 saturated heterocycles. The van der Waals surface area contributed by atoms with Crippen molar-refractivity contribution in [3.8, 4) is 0 Å². The van der Waals surface area contributed by atoms with Crippen LogP contribution in [0.5, 0.6) is 0 Å². The van der Waals surface area contributed by atoms with Gasteiger partial charge in [0.1, 0.15) is 0 Å². The van der Waals surface area contributed by atoms with Gasteiger partial charge in [-0.05, 0) is 0 Å². The molecule has 0 aromatic carbocycles. The summed E-state index contributed by atoms with van der Waals surface area (Å²) in [4.78, 5) is 0. The van der Waals surface area contributed by atoms with Crippen LogP contribution in [0.15, 0.2) is 0 Å². The van der Waals surface area contributed by atoms with E-state index in [1.54, 1.807) is 6.92 Å². The van der Waals surface area contributed by atoms with Crippen LogP contribution in [0, 0.1) is 6.92 Å². The van der Waals surface area contributed by atoms with Crippen molar-refractivity contribution < 1.29 is 21.7 Å². The minimum atomic E-state index is 0. The van der Waals surface area contributed by atoms with E-state index in [4.69, 9.17) is 0 Å². The molecule has 0 amide bonds. The number of halogens is 3. The first-order chi connectivity index (χ1) is 1.00. The Labute approximate surface area is 72.6 Å². The Morgan fingerprint density at radius 1 is 0.833 bits per heavy atom. The molecule has 6 heavy (non-hydrogen) atoms. The molecule has 0 heterocycles.